The molecule has 0 saturated carbocycles. The van der Waals surface area contributed by atoms with Crippen LogP contribution in [0.2, 0.25) is 0 Å². The fraction of sp³-hybridized carbons (Fsp3) is 0.294. The molecular weight excluding hydrogens is 262 g/mol. The number of amides is 1. The molecule has 0 aliphatic carbocycles. The molecule has 4 nitrogen and oxygen atoms in total. The molecule has 2 aromatic rings. The summed E-state index contributed by atoms with van der Waals surface area (Å²) in [5.74, 6) is -0.126. The van der Waals surface area contributed by atoms with Gasteiger partial charge in [0.2, 0.25) is 0 Å². The Labute approximate surface area is 125 Å². The maximum atomic E-state index is 12.2. The first-order chi connectivity index (χ1) is 10.2. The van der Waals surface area contributed by atoms with E-state index < -0.39 is 0 Å². The molecule has 1 aromatic carbocycles. The summed E-state index contributed by atoms with van der Waals surface area (Å²) in [6.45, 7) is 5.77. The molecule has 0 atom stereocenters. The highest BCUT2D eigenvalue weighted by molar-refractivity contribution is 6.04. The first-order valence-electron chi connectivity index (χ1n) is 7.23. The van der Waals surface area contributed by atoms with E-state index in [2.05, 4.69) is 22.5 Å². The summed E-state index contributed by atoms with van der Waals surface area (Å²) < 4.78 is 0. The topological polar surface area (TPSA) is 54.0 Å². The molecule has 110 valence electrons. The van der Waals surface area contributed by atoms with Crippen LogP contribution >= 0.6 is 0 Å². The lowest BCUT2D eigenvalue weighted by Crippen LogP contribution is -2.15. The maximum Gasteiger partial charge on any atom is 0.257 e. The van der Waals surface area contributed by atoms with Crippen LogP contribution in [0.25, 0.3) is 0 Å². The Bertz CT molecular complexity index is 610. The van der Waals surface area contributed by atoms with E-state index in [1.165, 1.54) is 0 Å². The molecule has 1 amide bonds. The van der Waals surface area contributed by atoms with Crippen molar-refractivity contribution in [2.75, 3.05) is 11.9 Å². The van der Waals surface area contributed by atoms with Gasteiger partial charge in [0.15, 0.2) is 0 Å². The average Bonchev–Trinajstić information content (AvgIpc) is 2.48. The number of hydrogen-bond acceptors (Lipinski definition) is 3. The first kappa shape index (κ1) is 15.2. The second-order valence-electron chi connectivity index (χ2n) is 4.97. The maximum absolute atomic E-state index is 12.2. The van der Waals surface area contributed by atoms with Gasteiger partial charge in [-0.15, -0.1) is 0 Å². The van der Waals surface area contributed by atoms with Crippen LogP contribution in [0, 0.1) is 6.92 Å². The van der Waals surface area contributed by atoms with Crippen LogP contribution in [0.1, 0.15) is 35.0 Å². The van der Waals surface area contributed by atoms with E-state index in [0.717, 1.165) is 36.5 Å². The van der Waals surface area contributed by atoms with Gasteiger partial charge in [-0.05, 0) is 49.7 Å². The van der Waals surface area contributed by atoms with E-state index in [4.69, 9.17) is 0 Å². The molecule has 0 aliphatic rings. The third kappa shape index (κ3) is 4.39. The third-order valence-electron chi connectivity index (χ3n) is 3.19. The van der Waals surface area contributed by atoms with Gasteiger partial charge < -0.3 is 10.6 Å². The van der Waals surface area contributed by atoms with Crippen LogP contribution in [0.15, 0.2) is 42.6 Å². The van der Waals surface area contributed by atoms with Crippen LogP contribution in [-0.2, 0) is 6.54 Å². The number of anilines is 1. The summed E-state index contributed by atoms with van der Waals surface area (Å²) in [6.07, 6.45) is 2.79. The molecule has 21 heavy (non-hydrogen) atoms. The Hall–Kier alpha value is -2.20. The van der Waals surface area contributed by atoms with E-state index in [1.54, 1.807) is 18.3 Å². The van der Waals surface area contributed by atoms with Gasteiger partial charge in [0.05, 0.1) is 5.56 Å². The standard InChI is InChI=1S/C17H21N3O/c1-3-9-18-12-14-6-4-7-15(11-14)20-17(21)16-8-5-10-19-13(16)2/h4-8,10-11,18H,3,9,12H2,1-2H3,(H,20,21). The van der Waals surface area contributed by atoms with Gasteiger partial charge in [0.25, 0.3) is 5.91 Å². The minimum Gasteiger partial charge on any atom is -0.322 e. The zero-order valence-corrected chi connectivity index (χ0v) is 12.5. The number of nitrogens with one attached hydrogen (secondary N) is 2. The van der Waals surface area contributed by atoms with E-state index in [9.17, 15) is 4.79 Å². The first-order valence-corrected chi connectivity index (χ1v) is 7.23. The molecule has 0 fully saturated rings. The molecule has 1 aromatic heterocycles. The van der Waals surface area contributed by atoms with E-state index >= 15 is 0 Å². The van der Waals surface area contributed by atoms with Crippen LogP contribution < -0.4 is 10.6 Å². The lowest BCUT2D eigenvalue weighted by molar-refractivity contribution is 0.102. The highest BCUT2D eigenvalue weighted by Gasteiger charge is 2.09. The highest BCUT2D eigenvalue weighted by atomic mass is 16.1. The molecule has 2 rings (SSSR count). The smallest absolute Gasteiger partial charge is 0.257 e. The molecule has 0 bridgehead atoms. The molecule has 0 unspecified atom stereocenters. The van der Waals surface area contributed by atoms with Crippen LogP contribution in [0.5, 0.6) is 0 Å². The second-order valence-corrected chi connectivity index (χ2v) is 4.97. The van der Waals surface area contributed by atoms with Gasteiger partial charge in [-0.1, -0.05) is 19.1 Å². The van der Waals surface area contributed by atoms with Crippen molar-refractivity contribution in [3.05, 3.63) is 59.4 Å². The normalized spacial score (nSPS) is 10.4. The molecule has 2 N–H and O–H groups in total. The Balaban J connectivity index is 2.04. The third-order valence-corrected chi connectivity index (χ3v) is 3.19. The minimum atomic E-state index is -0.126. The Morgan fingerprint density at radius 3 is 2.86 bits per heavy atom. The number of pyridine rings is 1. The van der Waals surface area contributed by atoms with Crippen molar-refractivity contribution in [1.82, 2.24) is 10.3 Å². The summed E-state index contributed by atoms with van der Waals surface area (Å²) in [5, 5.41) is 6.27. The van der Waals surface area contributed by atoms with Gasteiger partial charge >= 0.3 is 0 Å². The second kappa shape index (κ2) is 7.55. The average molecular weight is 283 g/mol. The zero-order valence-electron chi connectivity index (χ0n) is 12.5. The quantitative estimate of drug-likeness (QED) is 0.801. The Morgan fingerprint density at radius 1 is 1.24 bits per heavy atom. The molecule has 4 heteroatoms. The van der Waals surface area contributed by atoms with Gasteiger partial charge in [-0.3, -0.25) is 9.78 Å². The fourth-order valence-corrected chi connectivity index (χ4v) is 2.09. The predicted molar refractivity (Wildman–Crippen MR) is 85.4 cm³/mol. The Kier molecular flexibility index (Phi) is 5.46. The van der Waals surface area contributed by atoms with E-state index in [0.29, 0.717) is 5.56 Å². The van der Waals surface area contributed by atoms with Crippen LogP contribution in [0.4, 0.5) is 5.69 Å². The van der Waals surface area contributed by atoms with Gasteiger partial charge in [0, 0.05) is 24.1 Å². The van der Waals surface area contributed by atoms with E-state index in [1.807, 2.05) is 31.2 Å². The van der Waals surface area contributed by atoms with Crippen molar-refractivity contribution >= 4 is 11.6 Å². The number of benzene rings is 1. The van der Waals surface area contributed by atoms with E-state index in [-0.39, 0.29) is 5.91 Å². The zero-order chi connectivity index (χ0) is 15.1. The van der Waals surface area contributed by atoms with Gasteiger partial charge in [0.1, 0.15) is 0 Å². The summed E-state index contributed by atoms with van der Waals surface area (Å²) in [5.41, 5.74) is 3.30. The van der Waals surface area contributed by atoms with Crippen molar-refractivity contribution in [2.45, 2.75) is 26.8 Å². The predicted octanol–water partition coefficient (Wildman–Crippen LogP) is 3.14. The molecular formula is C17H21N3O. The molecule has 1 heterocycles. The molecule has 0 spiro atoms. The van der Waals surface area contributed by atoms with Crippen molar-refractivity contribution < 1.29 is 4.79 Å². The van der Waals surface area contributed by atoms with Crippen LogP contribution in [0.3, 0.4) is 0 Å². The fourth-order valence-electron chi connectivity index (χ4n) is 2.09. The lowest BCUT2D eigenvalue weighted by Gasteiger charge is -2.09. The molecule has 0 saturated heterocycles. The summed E-state index contributed by atoms with van der Waals surface area (Å²) in [4.78, 5) is 16.4. The SMILES string of the molecule is CCCNCc1cccc(NC(=O)c2cccnc2C)c1. The number of carbonyl (C=O) groups is 1. The number of aromatic nitrogens is 1. The highest BCUT2D eigenvalue weighted by Crippen LogP contribution is 2.13. The Morgan fingerprint density at radius 2 is 2.10 bits per heavy atom. The van der Waals surface area contributed by atoms with Crippen molar-refractivity contribution in [3.8, 4) is 0 Å². The lowest BCUT2D eigenvalue weighted by atomic mass is 10.1. The number of aryl methyl sites for hydroxylation is 1. The summed E-state index contributed by atoms with van der Waals surface area (Å²) >= 11 is 0. The van der Waals surface area contributed by atoms with Crippen molar-refractivity contribution in [2.24, 2.45) is 0 Å². The van der Waals surface area contributed by atoms with Gasteiger partial charge in [-0.25, -0.2) is 0 Å². The number of hydrogen-bond donors (Lipinski definition) is 2. The summed E-state index contributed by atoms with van der Waals surface area (Å²) in [7, 11) is 0. The van der Waals surface area contributed by atoms with Crippen molar-refractivity contribution in [1.29, 1.82) is 0 Å². The molecule has 0 aliphatic heterocycles. The monoisotopic (exact) mass is 283 g/mol. The number of nitrogens with zero attached hydrogens (tertiary/aromatic N) is 1. The number of carbonyl (C=O) groups excluding carboxylic acids is 1. The number of rotatable bonds is 6. The largest absolute Gasteiger partial charge is 0.322 e. The summed E-state index contributed by atoms with van der Waals surface area (Å²) in [6, 6.07) is 11.4. The van der Waals surface area contributed by atoms with Crippen LogP contribution in [-0.4, -0.2) is 17.4 Å². The van der Waals surface area contributed by atoms with Crippen molar-refractivity contribution in [3.63, 3.8) is 0 Å². The van der Waals surface area contributed by atoms with Gasteiger partial charge in [-0.2, -0.15) is 0 Å². The molecule has 0 radical (unpaired) electrons. The minimum absolute atomic E-state index is 0.126.